The van der Waals surface area contributed by atoms with Gasteiger partial charge in [0.05, 0.1) is 13.2 Å². The Balaban J connectivity index is 2.32. The van der Waals surface area contributed by atoms with Gasteiger partial charge in [0.25, 0.3) is 0 Å². The van der Waals surface area contributed by atoms with Gasteiger partial charge in [-0.25, -0.2) is 0 Å². The molecule has 1 amide bonds. The van der Waals surface area contributed by atoms with E-state index in [2.05, 4.69) is 5.32 Å². The molecule has 0 unspecified atom stereocenters. The summed E-state index contributed by atoms with van der Waals surface area (Å²) in [7, 11) is 0. The van der Waals surface area contributed by atoms with Gasteiger partial charge in [-0.2, -0.15) is 0 Å². The van der Waals surface area contributed by atoms with E-state index in [0.29, 0.717) is 24.8 Å². The third kappa shape index (κ3) is 7.46. The average Bonchev–Trinajstić information content (AvgIpc) is 2.43. The molecule has 1 aromatic rings. The number of rotatable bonds is 9. The molecule has 118 valence electrons. The number of ether oxygens (including phenoxy) is 2. The number of carbonyl (C=O) groups is 1. The van der Waals surface area contributed by atoms with Crippen LogP contribution in [0.4, 0.5) is 0 Å². The first kappa shape index (κ1) is 18.0. The number of hydrogen-bond donors (Lipinski definition) is 1. The summed E-state index contributed by atoms with van der Waals surface area (Å²) in [5.41, 5.74) is 1.10. The molecule has 0 radical (unpaired) electrons. The van der Waals surface area contributed by atoms with Gasteiger partial charge in [0, 0.05) is 17.7 Å². The smallest absolute Gasteiger partial charge is 0.249 e. The highest BCUT2D eigenvalue weighted by Gasteiger charge is 2.15. The minimum Gasteiger partial charge on any atom is -0.379 e. The lowest BCUT2D eigenvalue weighted by atomic mass is 10.1. The number of nitrogens with one attached hydrogen (secondary N) is 1. The zero-order chi connectivity index (χ0) is 15.7. The molecule has 0 aromatic heterocycles. The fourth-order valence-electron chi connectivity index (χ4n) is 1.93. The second kappa shape index (κ2) is 9.77. The third-order valence-electron chi connectivity index (χ3n) is 2.99. The molecule has 0 heterocycles. The Labute approximate surface area is 131 Å². The normalized spacial score (nSPS) is 13.7. The van der Waals surface area contributed by atoms with E-state index in [9.17, 15) is 4.79 Å². The maximum Gasteiger partial charge on any atom is 0.249 e. The van der Waals surface area contributed by atoms with Crippen LogP contribution in [0.2, 0.25) is 5.02 Å². The molecule has 0 spiro atoms. The monoisotopic (exact) mass is 313 g/mol. The molecular formula is C16H24ClNO3. The van der Waals surface area contributed by atoms with E-state index in [1.165, 1.54) is 0 Å². The Morgan fingerprint density at radius 2 is 2.10 bits per heavy atom. The first-order chi connectivity index (χ1) is 10.0. The number of halogens is 1. The summed E-state index contributed by atoms with van der Waals surface area (Å²) >= 11 is 5.95. The molecule has 0 saturated heterocycles. The van der Waals surface area contributed by atoms with Crippen LogP contribution in [0.5, 0.6) is 0 Å². The SMILES string of the molecule is CCOCCO[C@@H](C)C(=O)N[C@@H](C)Cc1cccc(Cl)c1. The molecule has 0 aliphatic heterocycles. The maximum atomic E-state index is 12.0. The van der Waals surface area contributed by atoms with Crippen LogP contribution in [-0.4, -0.2) is 37.9 Å². The minimum absolute atomic E-state index is 0.0221. The molecular weight excluding hydrogens is 290 g/mol. The summed E-state index contributed by atoms with van der Waals surface area (Å²) in [5, 5.41) is 3.65. The zero-order valence-corrected chi connectivity index (χ0v) is 13.7. The first-order valence-corrected chi connectivity index (χ1v) is 7.65. The van der Waals surface area contributed by atoms with Gasteiger partial charge in [-0.15, -0.1) is 0 Å². The number of amides is 1. The third-order valence-corrected chi connectivity index (χ3v) is 3.22. The molecule has 0 aliphatic carbocycles. The molecule has 1 aromatic carbocycles. The van der Waals surface area contributed by atoms with Crippen molar-refractivity contribution < 1.29 is 14.3 Å². The maximum absolute atomic E-state index is 12.0. The van der Waals surface area contributed by atoms with E-state index in [-0.39, 0.29) is 11.9 Å². The summed E-state index contributed by atoms with van der Waals surface area (Å²) in [5.74, 6) is -0.110. The van der Waals surface area contributed by atoms with Gasteiger partial charge in [-0.05, 0) is 44.9 Å². The van der Waals surface area contributed by atoms with Crippen molar-refractivity contribution in [3.63, 3.8) is 0 Å². The van der Waals surface area contributed by atoms with E-state index in [1.807, 2.05) is 38.1 Å². The Morgan fingerprint density at radius 1 is 1.33 bits per heavy atom. The predicted octanol–water partition coefficient (Wildman–Crippen LogP) is 2.83. The van der Waals surface area contributed by atoms with Crippen LogP contribution < -0.4 is 5.32 Å². The van der Waals surface area contributed by atoms with Gasteiger partial charge in [0.1, 0.15) is 6.10 Å². The Bertz CT molecular complexity index is 439. The summed E-state index contributed by atoms with van der Waals surface area (Å²) < 4.78 is 10.6. The summed E-state index contributed by atoms with van der Waals surface area (Å²) in [6.45, 7) is 7.21. The lowest BCUT2D eigenvalue weighted by molar-refractivity contribution is -0.133. The quantitative estimate of drug-likeness (QED) is 0.713. The standard InChI is InChI=1S/C16H24ClNO3/c1-4-20-8-9-21-13(3)16(19)18-12(2)10-14-6-5-7-15(17)11-14/h5-7,11-13H,4,8-10H2,1-3H3,(H,18,19)/t12-,13-/m0/s1. The minimum atomic E-state index is -0.479. The van der Waals surface area contributed by atoms with Crippen molar-refractivity contribution in [2.75, 3.05) is 19.8 Å². The second-order valence-electron chi connectivity index (χ2n) is 4.95. The van der Waals surface area contributed by atoms with Crippen LogP contribution in [0.3, 0.4) is 0 Å². The van der Waals surface area contributed by atoms with Gasteiger partial charge in [0.15, 0.2) is 0 Å². The van der Waals surface area contributed by atoms with Crippen molar-refractivity contribution in [1.29, 1.82) is 0 Å². The van der Waals surface area contributed by atoms with Gasteiger partial charge in [-0.3, -0.25) is 4.79 Å². The Kier molecular flexibility index (Phi) is 8.35. The Morgan fingerprint density at radius 3 is 2.76 bits per heavy atom. The molecule has 0 fully saturated rings. The molecule has 1 rings (SSSR count). The molecule has 5 heteroatoms. The van der Waals surface area contributed by atoms with E-state index in [1.54, 1.807) is 6.92 Å². The Hall–Kier alpha value is -1.10. The fourth-order valence-corrected chi connectivity index (χ4v) is 2.15. The van der Waals surface area contributed by atoms with E-state index in [0.717, 1.165) is 12.0 Å². The highest BCUT2D eigenvalue weighted by molar-refractivity contribution is 6.30. The fraction of sp³-hybridized carbons (Fsp3) is 0.562. The molecule has 4 nitrogen and oxygen atoms in total. The van der Waals surface area contributed by atoms with Crippen molar-refractivity contribution in [3.05, 3.63) is 34.9 Å². The van der Waals surface area contributed by atoms with Crippen molar-refractivity contribution >= 4 is 17.5 Å². The van der Waals surface area contributed by atoms with Crippen molar-refractivity contribution in [1.82, 2.24) is 5.32 Å². The van der Waals surface area contributed by atoms with Gasteiger partial charge >= 0.3 is 0 Å². The van der Waals surface area contributed by atoms with Gasteiger partial charge < -0.3 is 14.8 Å². The van der Waals surface area contributed by atoms with Crippen molar-refractivity contribution in [2.24, 2.45) is 0 Å². The molecule has 0 saturated carbocycles. The lowest BCUT2D eigenvalue weighted by Gasteiger charge is -2.18. The highest BCUT2D eigenvalue weighted by Crippen LogP contribution is 2.12. The topological polar surface area (TPSA) is 47.6 Å². The number of carbonyl (C=O) groups excluding carboxylic acids is 1. The molecule has 0 bridgehead atoms. The summed E-state index contributed by atoms with van der Waals surface area (Å²) in [4.78, 5) is 12.0. The highest BCUT2D eigenvalue weighted by atomic mass is 35.5. The predicted molar refractivity (Wildman–Crippen MR) is 84.7 cm³/mol. The van der Waals surface area contributed by atoms with Gasteiger partial charge in [0.2, 0.25) is 5.91 Å². The second-order valence-corrected chi connectivity index (χ2v) is 5.39. The van der Waals surface area contributed by atoms with Crippen molar-refractivity contribution in [3.8, 4) is 0 Å². The average molecular weight is 314 g/mol. The van der Waals surface area contributed by atoms with Crippen LogP contribution >= 0.6 is 11.6 Å². The van der Waals surface area contributed by atoms with Crippen molar-refractivity contribution in [2.45, 2.75) is 39.3 Å². The summed E-state index contributed by atoms with van der Waals surface area (Å²) in [6, 6.07) is 7.67. The number of hydrogen-bond acceptors (Lipinski definition) is 3. The molecule has 2 atom stereocenters. The summed E-state index contributed by atoms with van der Waals surface area (Å²) in [6.07, 6.45) is 0.255. The van der Waals surface area contributed by atoms with E-state index >= 15 is 0 Å². The lowest BCUT2D eigenvalue weighted by Crippen LogP contribution is -2.41. The van der Waals surface area contributed by atoms with Crippen LogP contribution in [0.25, 0.3) is 0 Å². The largest absolute Gasteiger partial charge is 0.379 e. The molecule has 0 aliphatic rings. The van der Waals surface area contributed by atoms with Crippen LogP contribution in [0.1, 0.15) is 26.3 Å². The molecule has 21 heavy (non-hydrogen) atoms. The van der Waals surface area contributed by atoms with E-state index in [4.69, 9.17) is 21.1 Å². The van der Waals surface area contributed by atoms with E-state index < -0.39 is 6.10 Å². The zero-order valence-electron chi connectivity index (χ0n) is 12.9. The van der Waals surface area contributed by atoms with Gasteiger partial charge in [-0.1, -0.05) is 23.7 Å². The first-order valence-electron chi connectivity index (χ1n) is 7.27. The van der Waals surface area contributed by atoms with Crippen LogP contribution in [-0.2, 0) is 20.7 Å². The molecule has 1 N–H and O–H groups in total. The number of benzene rings is 1. The van der Waals surface area contributed by atoms with Crippen LogP contribution in [0, 0.1) is 0 Å². The van der Waals surface area contributed by atoms with Crippen LogP contribution in [0.15, 0.2) is 24.3 Å².